The molecule has 3 rings (SSSR count). The lowest BCUT2D eigenvalue weighted by Gasteiger charge is -2.09. The van der Waals surface area contributed by atoms with Crippen LogP contribution < -0.4 is 10.6 Å². The number of anilines is 2. The molecule has 2 heterocycles. The van der Waals surface area contributed by atoms with E-state index >= 15 is 0 Å². The van der Waals surface area contributed by atoms with E-state index in [4.69, 9.17) is 0 Å². The number of hydrogen-bond acceptors (Lipinski definition) is 6. The summed E-state index contributed by atoms with van der Waals surface area (Å²) in [5, 5.41) is 17.1. The second kappa shape index (κ2) is 8.88. The van der Waals surface area contributed by atoms with Crippen molar-refractivity contribution in [2.24, 2.45) is 0 Å². The maximum atomic E-state index is 12.7. The number of carbonyl (C=O) groups is 2. The zero-order valence-electron chi connectivity index (χ0n) is 15.1. The number of benzene rings is 1. The molecule has 2 aromatic heterocycles. The van der Waals surface area contributed by atoms with Crippen LogP contribution in [-0.2, 0) is 0 Å². The molecule has 3 aromatic rings. The summed E-state index contributed by atoms with van der Waals surface area (Å²) in [6.45, 7) is 4.22. The summed E-state index contributed by atoms with van der Waals surface area (Å²) >= 11 is 2.74. The van der Waals surface area contributed by atoms with Crippen LogP contribution in [0.4, 0.5) is 10.8 Å². The van der Waals surface area contributed by atoms with E-state index in [0.717, 1.165) is 17.8 Å². The molecule has 140 valence electrons. The summed E-state index contributed by atoms with van der Waals surface area (Å²) in [5.41, 5.74) is 0.833. The van der Waals surface area contributed by atoms with Gasteiger partial charge in [-0.1, -0.05) is 43.4 Å². The summed E-state index contributed by atoms with van der Waals surface area (Å²) in [6.07, 6.45) is 1.97. The highest BCUT2D eigenvalue weighted by molar-refractivity contribution is 7.15. The number of thiophene rings is 1. The zero-order chi connectivity index (χ0) is 19.2. The molecule has 0 spiro atoms. The molecule has 0 aliphatic rings. The van der Waals surface area contributed by atoms with Crippen LogP contribution in [0.1, 0.15) is 57.6 Å². The van der Waals surface area contributed by atoms with Gasteiger partial charge in [-0.3, -0.25) is 14.9 Å². The largest absolute Gasteiger partial charge is 0.321 e. The van der Waals surface area contributed by atoms with Crippen LogP contribution in [0.2, 0.25) is 0 Å². The van der Waals surface area contributed by atoms with Crippen molar-refractivity contribution in [2.45, 2.75) is 32.6 Å². The maximum Gasteiger partial charge on any atom is 0.265 e. The first-order valence-electron chi connectivity index (χ1n) is 8.71. The van der Waals surface area contributed by atoms with Gasteiger partial charge in [0, 0.05) is 5.92 Å². The van der Waals surface area contributed by atoms with E-state index in [1.165, 1.54) is 22.7 Å². The fourth-order valence-corrected chi connectivity index (χ4v) is 4.26. The molecule has 0 saturated carbocycles. The van der Waals surface area contributed by atoms with Gasteiger partial charge in [0.25, 0.3) is 11.8 Å². The summed E-state index contributed by atoms with van der Waals surface area (Å²) in [5.74, 6) is -0.216. The van der Waals surface area contributed by atoms with E-state index < -0.39 is 0 Å². The topological polar surface area (TPSA) is 84.0 Å². The molecular weight excluding hydrogens is 380 g/mol. The third-order valence-corrected chi connectivity index (χ3v) is 6.03. The molecule has 1 aromatic carbocycles. The number of aromatic nitrogens is 2. The summed E-state index contributed by atoms with van der Waals surface area (Å²) in [7, 11) is 0. The van der Waals surface area contributed by atoms with Crippen LogP contribution in [0, 0.1) is 0 Å². The molecule has 6 nitrogen and oxygen atoms in total. The number of nitrogens with zero attached hydrogens (tertiary/aromatic N) is 2. The second-order valence-corrected chi connectivity index (χ2v) is 7.85. The molecule has 0 radical (unpaired) electrons. The molecule has 27 heavy (non-hydrogen) atoms. The molecule has 0 fully saturated rings. The molecule has 0 unspecified atom stereocenters. The lowest BCUT2D eigenvalue weighted by molar-refractivity contribution is 0.102. The Hall–Kier alpha value is -2.58. The Morgan fingerprint density at radius 3 is 2.48 bits per heavy atom. The lowest BCUT2D eigenvalue weighted by atomic mass is 10.1. The van der Waals surface area contributed by atoms with Gasteiger partial charge < -0.3 is 5.32 Å². The van der Waals surface area contributed by atoms with Gasteiger partial charge in [-0.05, 0) is 36.4 Å². The molecule has 0 aliphatic carbocycles. The van der Waals surface area contributed by atoms with Crippen molar-refractivity contribution in [2.75, 3.05) is 10.6 Å². The smallest absolute Gasteiger partial charge is 0.265 e. The Morgan fingerprint density at radius 2 is 1.78 bits per heavy atom. The van der Waals surface area contributed by atoms with Gasteiger partial charge in [0.15, 0.2) is 0 Å². The van der Waals surface area contributed by atoms with Crippen molar-refractivity contribution in [3.8, 4) is 0 Å². The third-order valence-electron chi connectivity index (χ3n) is 4.16. The second-order valence-electron chi connectivity index (χ2n) is 5.89. The minimum atomic E-state index is -0.329. The van der Waals surface area contributed by atoms with Crippen LogP contribution >= 0.6 is 22.7 Å². The number of hydrogen-bond donors (Lipinski definition) is 2. The maximum absolute atomic E-state index is 12.7. The molecule has 8 heteroatoms. The highest BCUT2D eigenvalue weighted by atomic mass is 32.1. The highest BCUT2D eigenvalue weighted by Crippen LogP contribution is 2.28. The first-order chi connectivity index (χ1) is 13.1. The number of amides is 2. The molecule has 0 bridgehead atoms. The van der Waals surface area contributed by atoms with Gasteiger partial charge in [0.2, 0.25) is 5.13 Å². The van der Waals surface area contributed by atoms with Gasteiger partial charge in [-0.2, -0.15) is 0 Å². The monoisotopic (exact) mass is 400 g/mol. The molecule has 0 saturated heterocycles. The number of nitrogens with one attached hydrogen (secondary N) is 2. The number of para-hydroxylation sites is 1. The van der Waals surface area contributed by atoms with E-state index in [-0.39, 0.29) is 11.8 Å². The predicted octanol–water partition coefficient (Wildman–Crippen LogP) is 5.01. The number of carbonyl (C=O) groups excluding carboxylic acids is 2. The van der Waals surface area contributed by atoms with Gasteiger partial charge in [-0.25, -0.2) is 0 Å². The van der Waals surface area contributed by atoms with Crippen LogP contribution in [0.5, 0.6) is 0 Å². The van der Waals surface area contributed by atoms with Gasteiger partial charge >= 0.3 is 0 Å². The standard InChI is InChI=1S/C19H20N4O2S2/c1-3-12(4-2)18-22-23-19(27-18)21-16(24)13-8-5-6-9-14(13)20-17(25)15-10-7-11-26-15/h5-12H,3-4H2,1-2H3,(H,20,25)(H,21,23,24). The van der Waals surface area contributed by atoms with Crippen molar-refractivity contribution in [1.82, 2.24) is 10.2 Å². The molecule has 0 atom stereocenters. The third kappa shape index (κ3) is 4.58. The minimum absolute atomic E-state index is 0.239. The van der Waals surface area contributed by atoms with Crippen molar-refractivity contribution < 1.29 is 9.59 Å². The number of rotatable bonds is 7. The van der Waals surface area contributed by atoms with E-state index in [1.54, 1.807) is 30.3 Å². The summed E-state index contributed by atoms with van der Waals surface area (Å²) in [6, 6.07) is 10.5. The molecule has 0 aliphatic heterocycles. The Balaban J connectivity index is 1.75. The van der Waals surface area contributed by atoms with Crippen LogP contribution in [0.25, 0.3) is 0 Å². The van der Waals surface area contributed by atoms with Crippen LogP contribution in [-0.4, -0.2) is 22.0 Å². The lowest BCUT2D eigenvalue weighted by Crippen LogP contribution is -2.17. The fraction of sp³-hybridized carbons (Fsp3) is 0.263. The van der Waals surface area contributed by atoms with Crippen LogP contribution in [0.15, 0.2) is 41.8 Å². The predicted molar refractivity (Wildman–Crippen MR) is 110 cm³/mol. The van der Waals surface area contributed by atoms with Crippen molar-refractivity contribution >= 4 is 45.3 Å². The van der Waals surface area contributed by atoms with Gasteiger partial charge in [0.05, 0.1) is 16.1 Å². The van der Waals surface area contributed by atoms with Crippen molar-refractivity contribution in [3.63, 3.8) is 0 Å². The van der Waals surface area contributed by atoms with E-state index in [2.05, 4.69) is 34.7 Å². The first-order valence-corrected chi connectivity index (χ1v) is 10.4. The fourth-order valence-electron chi connectivity index (χ4n) is 2.63. The Bertz CT molecular complexity index is 917. The average Bonchev–Trinajstić information content (AvgIpc) is 3.35. The molecule has 2 amide bonds. The van der Waals surface area contributed by atoms with E-state index in [1.807, 2.05) is 11.4 Å². The first kappa shape index (κ1) is 19.2. The summed E-state index contributed by atoms with van der Waals surface area (Å²) in [4.78, 5) is 25.6. The quantitative estimate of drug-likeness (QED) is 0.584. The van der Waals surface area contributed by atoms with E-state index in [9.17, 15) is 9.59 Å². The minimum Gasteiger partial charge on any atom is -0.321 e. The SMILES string of the molecule is CCC(CC)c1nnc(NC(=O)c2ccccc2NC(=O)c2cccs2)s1. The van der Waals surface area contributed by atoms with Crippen molar-refractivity contribution in [3.05, 3.63) is 57.2 Å². The van der Waals surface area contributed by atoms with E-state index in [0.29, 0.717) is 27.2 Å². The van der Waals surface area contributed by atoms with Gasteiger partial charge in [0.1, 0.15) is 5.01 Å². The van der Waals surface area contributed by atoms with Crippen LogP contribution in [0.3, 0.4) is 0 Å². The Labute approximate surface area is 165 Å². The Morgan fingerprint density at radius 1 is 1.00 bits per heavy atom. The Kier molecular flexibility index (Phi) is 6.31. The van der Waals surface area contributed by atoms with Gasteiger partial charge in [-0.15, -0.1) is 21.5 Å². The summed E-state index contributed by atoms with van der Waals surface area (Å²) < 4.78 is 0. The molecule has 2 N–H and O–H groups in total. The zero-order valence-corrected chi connectivity index (χ0v) is 16.7. The van der Waals surface area contributed by atoms with Crippen molar-refractivity contribution in [1.29, 1.82) is 0 Å². The molecular formula is C19H20N4O2S2. The highest BCUT2D eigenvalue weighted by Gasteiger charge is 2.18. The average molecular weight is 401 g/mol. The normalized spacial score (nSPS) is 10.8.